The van der Waals surface area contributed by atoms with Gasteiger partial charge in [0.2, 0.25) is 0 Å². The number of carbonyl (C=O) groups excluding carboxylic acids is 1. The first-order valence-corrected chi connectivity index (χ1v) is 11.1. The van der Waals surface area contributed by atoms with E-state index in [0.29, 0.717) is 47.2 Å². The number of carboxylic acids is 1. The average molecular weight is 361 g/mol. The summed E-state index contributed by atoms with van der Waals surface area (Å²) in [6.45, 7) is 4.96. The van der Waals surface area contributed by atoms with Gasteiger partial charge in [-0.15, -0.1) is 0 Å². The number of fused-ring (bicyclic) bond motifs is 5. The van der Waals surface area contributed by atoms with Gasteiger partial charge in [-0.3, -0.25) is 9.59 Å². The van der Waals surface area contributed by atoms with Gasteiger partial charge in [-0.2, -0.15) is 0 Å². The highest BCUT2D eigenvalue weighted by Crippen LogP contribution is 2.67. The SMILES string of the molecule is C[C@]12CCCCC1CC(=O)C1C2CC[C@@]2(C)C1CC[C@@H]2CCCC(=O)O. The van der Waals surface area contributed by atoms with Gasteiger partial charge in [0.25, 0.3) is 0 Å². The first-order valence-electron chi connectivity index (χ1n) is 11.1. The summed E-state index contributed by atoms with van der Waals surface area (Å²) in [7, 11) is 0. The van der Waals surface area contributed by atoms with E-state index < -0.39 is 5.97 Å². The van der Waals surface area contributed by atoms with Gasteiger partial charge < -0.3 is 5.11 Å². The molecule has 0 bridgehead atoms. The van der Waals surface area contributed by atoms with Crippen molar-refractivity contribution in [1.29, 1.82) is 0 Å². The predicted octanol–water partition coefficient (Wildman–Crippen LogP) is 5.47. The molecule has 7 atom stereocenters. The van der Waals surface area contributed by atoms with E-state index in [9.17, 15) is 9.59 Å². The number of carboxylic acid groups (broad SMARTS) is 1. The monoisotopic (exact) mass is 360 g/mol. The smallest absolute Gasteiger partial charge is 0.303 e. The second-order valence-electron chi connectivity index (χ2n) is 10.5. The Morgan fingerprint density at radius 3 is 2.58 bits per heavy atom. The minimum Gasteiger partial charge on any atom is -0.481 e. The molecule has 0 radical (unpaired) electrons. The third-order valence-electron chi connectivity index (χ3n) is 9.53. The fraction of sp³-hybridized carbons (Fsp3) is 0.913. The van der Waals surface area contributed by atoms with Gasteiger partial charge in [0.05, 0.1) is 0 Å². The molecule has 0 aromatic carbocycles. The highest BCUT2D eigenvalue weighted by atomic mass is 16.4. The summed E-state index contributed by atoms with van der Waals surface area (Å²) in [4.78, 5) is 24.1. The summed E-state index contributed by atoms with van der Waals surface area (Å²) >= 11 is 0. The van der Waals surface area contributed by atoms with Gasteiger partial charge in [0.15, 0.2) is 0 Å². The molecule has 0 amide bonds. The molecule has 3 nitrogen and oxygen atoms in total. The standard InChI is InChI=1S/C23H36O3/c1-22-12-4-3-6-16(22)14-19(24)21-17-10-9-15(7-5-8-20(25)26)23(17,2)13-11-18(21)22/h15-18,21H,3-14H2,1-2H3,(H,25,26)/t15-,16?,17?,18?,21?,22-,23+/m0/s1. The summed E-state index contributed by atoms with van der Waals surface area (Å²) in [5.74, 6) is 2.65. The normalized spacial score (nSPS) is 47.8. The molecule has 4 unspecified atom stereocenters. The van der Waals surface area contributed by atoms with Crippen LogP contribution in [0.1, 0.15) is 90.9 Å². The molecule has 0 aromatic heterocycles. The van der Waals surface area contributed by atoms with Crippen LogP contribution >= 0.6 is 0 Å². The maximum Gasteiger partial charge on any atom is 0.303 e. The lowest BCUT2D eigenvalue weighted by Gasteiger charge is -2.59. The van der Waals surface area contributed by atoms with E-state index in [1.165, 1.54) is 51.4 Å². The van der Waals surface area contributed by atoms with Crippen molar-refractivity contribution in [1.82, 2.24) is 0 Å². The lowest BCUT2D eigenvalue weighted by Crippen LogP contribution is -2.56. The van der Waals surface area contributed by atoms with Crippen molar-refractivity contribution in [3.63, 3.8) is 0 Å². The van der Waals surface area contributed by atoms with Crippen molar-refractivity contribution >= 4 is 11.8 Å². The van der Waals surface area contributed by atoms with Crippen LogP contribution in [-0.4, -0.2) is 16.9 Å². The lowest BCUT2D eigenvalue weighted by atomic mass is 9.44. The van der Waals surface area contributed by atoms with Crippen molar-refractivity contribution in [2.24, 2.45) is 40.4 Å². The number of rotatable bonds is 4. The molecular weight excluding hydrogens is 324 g/mol. The quantitative estimate of drug-likeness (QED) is 0.723. The highest BCUT2D eigenvalue weighted by Gasteiger charge is 2.61. The van der Waals surface area contributed by atoms with Gasteiger partial charge in [-0.1, -0.05) is 26.7 Å². The average Bonchev–Trinajstić information content (AvgIpc) is 2.92. The molecule has 4 rings (SSSR count). The van der Waals surface area contributed by atoms with Gasteiger partial charge in [0.1, 0.15) is 5.78 Å². The summed E-state index contributed by atoms with van der Waals surface area (Å²) in [6.07, 6.45) is 13.1. The number of Topliss-reactive ketones (excluding diaryl/α,β-unsaturated/α-hetero) is 1. The lowest BCUT2D eigenvalue weighted by molar-refractivity contribution is -0.155. The van der Waals surface area contributed by atoms with Crippen LogP contribution in [0.3, 0.4) is 0 Å². The summed E-state index contributed by atoms with van der Waals surface area (Å²) in [5, 5.41) is 8.97. The highest BCUT2D eigenvalue weighted by molar-refractivity contribution is 5.83. The zero-order chi connectivity index (χ0) is 18.5. The van der Waals surface area contributed by atoms with Crippen LogP contribution in [0.25, 0.3) is 0 Å². The molecule has 3 heteroatoms. The first kappa shape index (κ1) is 18.5. The Morgan fingerprint density at radius 1 is 1.04 bits per heavy atom. The maximum absolute atomic E-state index is 13.2. The Balaban J connectivity index is 1.54. The van der Waals surface area contributed by atoms with Crippen molar-refractivity contribution in [3.05, 3.63) is 0 Å². The third kappa shape index (κ3) is 2.76. The molecular formula is C23H36O3. The first-order chi connectivity index (χ1) is 12.4. The Bertz CT molecular complexity index is 584. The Labute approximate surface area is 158 Å². The molecule has 0 spiro atoms. The van der Waals surface area contributed by atoms with Crippen molar-refractivity contribution in [2.45, 2.75) is 90.9 Å². The van der Waals surface area contributed by atoms with Crippen LogP contribution in [0.4, 0.5) is 0 Å². The van der Waals surface area contributed by atoms with Gasteiger partial charge in [-0.05, 0) is 85.9 Å². The van der Waals surface area contributed by atoms with Crippen molar-refractivity contribution < 1.29 is 14.7 Å². The second kappa shape index (κ2) is 6.63. The maximum atomic E-state index is 13.2. The fourth-order valence-electron chi connectivity index (χ4n) is 8.04. The minimum atomic E-state index is -0.674. The zero-order valence-corrected chi connectivity index (χ0v) is 16.6. The molecule has 0 aliphatic heterocycles. The van der Waals surface area contributed by atoms with Gasteiger partial charge >= 0.3 is 5.97 Å². The second-order valence-corrected chi connectivity index (χ2v) is 10.5. The molecule has 1 N–H and O–H groups in total. The number of aliphatic carboxylic acids is 1. The predicted molar refractivity (Wildman–Crippen MR) is 102 cm³/mol. The molecule has 146 valence electrons. The van der Waals surface area contributed by atoms with Crippen LogP contribution in [0.15, 0.2) is 0 Å². The number of hydrogen-bond donors (Lipinski definition) is 1. The van der Waals surface area contributed by atoms with E-state index in [1.807, 2.05) is 0 Å². The summed E-state index contributed by atoms with van der Waals surface area (Å²) in [5.41, 5.74) is 0.673. The Morgan fingerprint density at radius 2 is 1.81 bits per heavy atom. The summed E-state index contributed by atoms with van der Waals surface area (Å²) < 4.78 is 0. The third-order valence-corrected chi connectivity index (χ3v) is 9.53. The molecule has 4 fully saturated rings. The molecule has 0 saturated heterocycles. The number of carbonyl (C=O) groups is 2. The van der Waals surface area contributed by atoms with Gasteiger partial charge in [0, 0.05) is 18.8 Å². The van der Waals surface area contributed by atoms with E-state index in [4.69, 9.17) is 5.11 Å². The molecule has 4 aliphatic carbocycles. The molecule has 0 aromatic rings. The van der Waals surface area contributed by atoms with E-state index in [2.05, 4.69) is 13.8 Å². The topological polar surface area (TPSA) is 54.4 Å². The Kier molecular flexibility index (Phi) is 4.72. The van der Waals surface area contributed by atoms with E-state index in [0.717, 1.165) is 19.3 Å². The van der Waals surface area contributed by atoms with E-state index in [-0.39, 0.29) is 5.41 Å². The van der Waals surface area contributed by atoms with Gasteiger partial charge in [-0.25, -0.2) is 0 Å². The van der Waals surface area contributed by atoms with Crippen LogP contribution in [-0.2, 0) is 9.59 Å². The van der Waals surface area contributed by atoms with E-state index in [1.54, 1.807) is 0 Å². The largest absolute Gasteiger partial charge is 0.481 e. The summed E-state index contributed by atoms with van der Waals surface area (Å²) in [6, 6.07) is 0. The van der Waals surface area contributed by atoms with E-state index >= 15 is 0 Å². The molecule has 26 heavy (non-hydrogen) atoms. The molecule has 4 aliphatic rings. The molecule has 4 saturated carbocycles. The van der Waals surface area contributed by atoms with Crippen LogP contribution < -0.4 is 0 Å². The van der Waals surface area contributed by atoms with Crippen LogP contribution in [0, 0.1) is 40.4 Å². The number of hydrogen-bond acceptors (Lipinski definition) is 2. The fourth-order valence-corrected chi connectivity index (χ4v) is 8.04. The zero-order valence-electron chi connectivity index (χ0n) is 16.6. The number of ketones is 1. The van der Waals surface area contributed by atoms with Crippen molar-refractivity contribution in [3.8, 4) is 0 Å². The Hall–Kier alpha value is -0.860. The molecule has 0 heterocycles. The van der Waals surface area contributed by atoms with Crippen molar-refractivity contribution in [2.75, 3.05) is 0 Å². The van der Waals surface area contributed by atoms with Crippen LogP contribution in [0.5, 0.6) is 0 Å². The minimum absolute atomic E-state index is 0.271. The van der Waals surface area contributed by atoms with Crippen LogP contribution in [0.2, 0.25) is 0 Å².